The fourth-order valence-electron chi connectivity index (χ4n) is 3.90. The number of hydrogen-bond donors (Lipinski definition) is 2. The molecule has 3 atom stereocenters. The third-order valence-corrected chi connectivity index (χ3v) is 5.77. The monoisotopic (exact) mass is 420 g/mol. The van der Waals surface area contributed by atoms with E-state index in [1.54, 1.807) is 0 Å². The van der Waals surface area contributed by atoms with Crippen LogP contribution in [0.4, 0.5) is 11.4 Å². The van der Waals surface area contributed by atoms with Gasteiger partial charge in [0.1, 0.15) is 10.8 Å². The van der Waals surface area contributed by atoms with Gasteiger partial charge in [-0.2, -0.15) is 0 Å². The highest BCUT2D eigenvalue weighted by Crippen LogP contribution is 2.56. The zero-order valence-electron chi connectivity index (χ0n) is 12.9. The first-order valence-electron chi connectivity index (χ1n) is 7.85. The van der Waals surface area contributed by atoms with Gasteiger partial charge in [0.05, 0.1) is 22.2 Å². The number of halogens is 2. The summed E-state index contributed by atoms with van der Waals surface area (Å²) < 4.78 is 0.985. The molecule has 0 amide bonds. The van der Waals surface area contributed by atoms with Crippen molar-refractivity contribution in [3.8, 4) is 5.75 Å². The lowest BCUT2D eigenvalue weighted by atomic mass is 9.76. The number of allylic oxidation sites excluding steroid dienone is 2. The van der Waals surface area contributed by atoms with Crippen LogP contribution >= 0.6 is 27.5 Å². The topological polar surface area (TPSA) is 75.4 Å². The lowest BCUT2D eigenvalue weighted by molar-refractivity contribution is -0.385. The predicted octanol–water partition coefficient (Wildman–Crippen LogP) is 5.54. The molecule has 25 heavy (non-hydrogen) atoms. The van der Waals surface area contributed by atoms with Gasteiger partial charge >= 0.3 is 0 Å². The number of nitrogens with zero attached hydrogens (tertiary/aromatic N) is 1. The second-order valence-corrected chi connectivity index (χ2v) is 7.62. The maximum Gasteiger partial charge on any atom is 0.293 e. The second-order valence-electron chi connectivity index (χ2n) is 6.30. The summed E-state index contributed by atoms with van der Waals surface area (Å²) in [7, 11) is 0. The molecule has 0 spiro atoms. The van der Waals surface area contributed by atoms with Gasteiger partial charge in [-0.05, 0) is 30.0 Å². The van der Waals surface area contributed by atoms with E-state index < -0.39 is 4.92 Å². The van der Waals surface area contributed by atoms with Gasteiger partial charge in [-0.25, -0.2) is 0 Å². The number of nitro benzene ring substituents is 1. The minimum atomic E-state index is -0.467. The van der Waals surface area contributed by atoms with E-state index in [0.29, 0.717) is 11.3 Å². The molecule has 2 aromatic rings. The van der Waals surface area contributed by atoms with Crippen LogP contribution in [0.3, 0.4) is 0 Å². The maximum atomic E-state index is 11.6. The first-order valence-corrected chi connectivity index (χ1v) is 9.03. The molecule has 0 unspecified atom stereocenters. The van der Waals surface area contributed by atoms with Gasteiger partial charge in [0.2, 0.25) is 0 Å². The summed E-state index contributed by atoms with van der Waals surface area (Å²) in [6.07, 6.45) is 4.83. The van der Waals surface area contributed by atoms with Crippen LogP contribution in [0.25, 0.3) is 0 Å². The number of fused-ring (bicyclic) bond motifs is 3. The molecule has 1 heterocycles. The van der Waals surface area contributed by atoms with Gasteiger partial charge < -0.3 is 10.4 Å². The molecule has 1 aliphatic carbocycles. The van der Waals surface area contributed by atoms with E-state index in [4.69, 9.17) is 11.6 Å². The highest BCUT2D eigenvalue weighted by Gasteiger charge is 2.43. The molecule has 7 heteroatoms. The van der Waals surface area contributed by atoms with Crippen molar-refractivity contribution in [1.82, 2.24) is 0 Å². The lowest BCUT2D eigenvalue weighted by Crippen LogP contribution is -2.29. The molecule has 0 saturated heterocycles. The largest absolute Gasteiger partial charge is 0.506 e. The SMILES string of the molecule is O=[N+]([O-])c1c(Cl)cc(O)c2c1[C@@H]1C=CC[C@@H]1[C@@H](c1ccc(Br)cc1)N2. The normalized spacial score (nSPS) is 23.7. The summed E-state index contributed by atoms with van der Waals surface area (Å²) in [6.45, 7) is 0. The predicted molar refractivity (Wildman–Crippen MR) is 100 cm³/mol. The van der Waals surface area contributed by atoms with Crippen LogP contribution in [-0.2, 0) is 0 Å². The molecule has 0 aromatic heterocycles. The van der Waals surface area contributed by atoms with Crippen LogP contribution < -0.4 is 5.32 Å². The molecule has 2 aliphatic rings. The first-order chi connectivity index (χ1) is 12.0. The highest BCUT2D eigenvalue weighted by molar-refractivity contribution is 9.10. The van der Waals surface area contributed by atoms with E-state index in [0.717, 1.165) is 16.5 Å². The highest BCUT2D eigenvalue weighted by atomic mass is 79.9. The molecule has 5 nitrogen and oxygen atoms in total. The molecule has 0 fully saturated rings. The number of nitrogens with one attached hydrogen (secondary N) is 1. The minimum Gasteiger partial charge on any atom is -0.506 e. The zero-order chi connectivity index (χ0) is 17.7. The van der Waals surface area contributed by atoms with E-state index in [9.17, 15) is 15.2 Å². The fraction of sp³-hybridized carbons (Fsp3) is 0.222. The van der Waals surface area contributed by atoms with E-state index in [-0.39, 0.29) is 34.3 Å². The number of phenols is 1. The van der Waals surface area contributed by atoms with Crippen LogP contribution in [0.5, 0.6) is 5.75 Å². The molecule has 1 aliphatic heterocycles. The number of aromatic hydroxyl groups is 1. The Bertz CT molecular complexity index is 898. The lowest BCUT2D eigenvalue weighted by Gasteiger charge is -2.37. The Morgan fingerprint density at radius 1 is 1.32 bits per heavy atom. The molecule has 0 radical (unpaired) electrons. The van der Waals surface area contributed by atoms with Crippen molar-refractivity contribution < 1.29 is 10.0 Å². The quantitative estimate of drug-likeness (QED) is 0.289. The minimum absolute atomic E-state index is 0.0378. The Morgan fingerprint density at radius 3 is 2.72 bits per heavy atom. The zero-order valence-corrected chi connectivity index (χ0v) is 15.3. The van der Waals surface area contributed by atoms with Crippen LogP contribution in [0.1, 0.15) is 29.5 Å². The summed E-state index contributed by atoms with van der Waals surface area (Å²) in [5.41, 5.74) is 1.82. The Kier molecular flexibility index (Phi) is 3.96. The smallest absolute Gasteiger partial charge is 0.293 e. The van der Waals surface area contributed by atoms with Gasteiger partial charge in [0.15, 0.2) is 0 Å². The van der Waals surface area contributed by atoms with Crippen molar-refractivity contribution in [3.05, 3.63) is 73.2 Å². The van der Waals surface area contributed by atoms with Crippen molar-refractivity contribution in [3.63, 3.8) is 0 Å². The van der Waals surface area contributed by atoms with E-state index >= 15 is 0 Å². The van der Waals surface area contributed by atoms with E-state index in [1.807, 2.05) is 36.4 Å². The van der Waals surface area contributed by atoms with Crippen LogP contribution in [0.15, 0.2) is 47.0 Å². The summed E-state index contributed by atoms with van der Waals surface area (Å²) in [4.78, 5) is 11.1. The maximum absolute atomic E-state index is 11.6. The van der Waals surface area contributed by atoms with Crippen LogP contribution in [0.2, 0.25) is 5.02 Å². The Labute approximate surface area is 157 Å². The molecular formula is C18H14BrClN2O3. The van der Waals surface area contributed by atoms with Crippen LogP contribution in [0, 0.1) is 16.0 Å². The molecule has 4 rings (SSSR count). The van der Waals surface area contributed by atoms with Gasteiger partial charge in [-0.3, -0.25) is 10.1 Å². The average Bonchev–Trinajstić information content (AvgIpc) is 3.04. The molecule has 0 saturated carbocycles. The number of nitro groups is 1. The van der Waals surface area contributed by atoms with Gasteiger partial charge in [-0.1, -0.05) is 51.8 Å². The number of phenolic OH excluding ortho intramolecular Hbond substituents is 1. The molecule has 2 aromatic carbocycles. The van der Waals surface area contributed by atoms with E-state index in [1.165, 1.54) is 6.07 Å². The van der Waals surface area contributed by atoms with Crippen LogP contribution in [-0.4, -0.2) is 10.0 Å². The molecule has 0 bridgehead atoms. The molecule has 2 N–H and O–H groups in total. The first kappa shape index (κ1) is 16.4. The van der Waals surface area contributed by atoms with Crippen molar-refractivity contribution in [2.75, 3.05) is 5.32 Å². The van der Waals surface area contributed by atoms with Crippen molar-refractivity contribution in [2.24, 2.45) is 5.92 Å². The standard InChI is InChI=1S/C18H14BrClN2O3/c19-10-6-4-9(5-7-10)16-12-3-1-2-11(12)15-17(21-16)14(23)8-13(20)18(15)22(24)25/h1-2,4-8,11-12,16,21,23H,3H2/t11-,12+,16-/m1/s1. The fourth-order valence-corrected chi connectivity index (χ4v) is 4.43. The summed E-state index contributed by atoms with van der Waals surface area (Å²) in [6, 6.07) is 9.16. The number of benzene rings is 2. The Morgan fingerprint density at radius 2 is 2.04 bits per heavy atom. The Hall–Kier alpha value is -2.05. The van der Waals surface area contributed by atoms with Crippen molar-refractivity contribution in [1.29, 1.82) is 0 Å². The number of rotatable bonds is 2. The summed E-state index contributed by atoms with van der Waals surface area (Å²) >= 11 is 9.50. The third-order valence-electron chi connectivity index (χ3n) is 4.96. The van der Waals surface area contributed by atoms with Gasteiger partial charge in [0.25, 0.3) is 5.69 Å². The number of anilines is 1. The van der Waals surface area contributed by atoms with E-state index in [2.05, 4.69) is 21.2 Å². The van der Waals surface area contributed by atoms with Crippen molar-refractivity contribution >= 4 is 38.9 Å². The third kappa shape index (κ3) is 2.60. The molecule has 128 valence electrons. The number of hydrogen-bond acceptors (Lipinski definition) is 4. The Balaban J connectivity index is 1.89. The average molecular weight is 422 g/mol. The van der Waals surface area contributed by atoms with Crippen molar-refractivity contribution in [2.45, 2.75) is 18.4 Å². The summed E-state index contributed by atoms with van der Waals surface area (Å²) in [5.74, 6) is -0.0911. The second kappa shape index (κ2) is 6.04. The molecular weight excluding hydrogens is 408 g/mol. The van der Waals surface area contributed by atoms with Gasteiger partial charge in [-0.15, -0.1) is 0 Å². The van der Waals surface area contributed by atoms with Gasteiger partial charge in [0, 0.05) is 16.5 Å². The summed E-state index contributed by atoms with van der Waals surface area (Å²) in [5, 5.41) is 25.2.